The van der Waals surface area contributed by atoms with Gasteiger partial charge in [-0.15, -0.1) is 0 Å². The van der Waals surface area contributed by atoms with Gasteiger partial charge in [-0.25, -0.2) is 0 Å². The van der Waals surface area contributed by atoms with Gasteiger partial charge >= 0.3 is 0 Å². The fraction of sp³-hybridized carbons (Fsp3) is 0.176. The van der Waals surface area contributed by atoms with Crippen LogP contribution in [0, 0.1) is 11.8 Å². The zero-order chi connectivity index (χ0) is 14.9. The third-order valence-electron chi connectivity index (χ3n) is 2.83. The molecule has 1 aromatic heterocycles. The molecule has 0 aliphatic heterocycles. The summed E-state index contributed by atoms with van der Waals surface area (Å²) in [5, 5.41) is 11.5. The number of carbonyl (C=O) groups excluding carboxylic acids is 1. The van der Waals surface area contributed by atoms with E-state index in [0.29, 0.717) is 24.1 Å². The van der Waals surface area contributed by atoms with Crippen LogP contribution >= 0.6 is 0 Å². The highest BCUT2D eigenvalue weighted by atomic mass is 16.2. The van der Waals surface area contributed by atoms with Gasteiger partial charge in [0.15, 0.2) is 0 Å². The lowest BCUT2D eigenvalue weighted by molar-refractivity contribution is 0.0954. The molecule has 0 aliphatic carbocycles. The van der Waals surface area contributed by atoms with Crippen molar-refractivity contribution >= 4 is 5.91 Å². The van der Waals surface area contributed by atoms with E-state index in [2.05, 4.69) is 22.1 Å². The van der Waals surface area contributed by atoms with Gasteiger partial charge in [-0.3, -0.25) is 9.78 Å². The van der Waals surface area contributed by atoms with Gasteiger partial charge in [-0.05, 0) is 30.3 Å². The normalized spacial score (nSPS) is 9.57. The quantitative estimate of drug-likeness (QED) is 0.832. The van der Waals surface area contributed by atoms with Crippen molar-refractivity contribution < 1.29 is 9.90 Å². The molecule has 0 saturated carbocycles. The number of carbonyl (C=O) groups is 1. The Kier molecular flexibility index (Phi) is 5.50. The van der Waals surface area contributed by atoms with Gasteiger partial charge < -0.3 is 10.4 Å². The predicted octanol–water partition coefficient (Wildman–Crippen LogP) is 1.40. The van der Waals surface area contributed by atoms with Crippen LogP contribution in [0.3, 0.4) is 0 Å². The first-order valence-corrected chi connectivity index (χ1v) is 6.67. The van der Waals surface area contributed by atoms with Gasteiger partial charge in [0.25, 0.3) is 5.91 Å². The lowest BCUT2D eigenvalue weighted by Gasteiger charge is -2.05. The van der Waals surface area contributed by atoms with E-state index in [-0.39, 0.29) is 12.5 Å². The molecule has 1 heterocycles. The molecule has 106 valence electrons. The van der Waals surface area contributed by atoms with Gasteiger partial charge in [0.2, 0.25) is 0 Å². The Balaban J connectivity index is 1.91. The number of aliphatic hydroxyl groups is 1. The molecule has 0 fully saturated rings. The SMILES string of the molecule is O=C(NCCc1ccccn1)c1cccc(C#CCO)c1. The summed E-state index contributed by atoms with van der Waals surface area (Å²) >= 11 is 0. The van der Waals surface area contributed by atoms with Gasteiger partial charge in [-0.1, -0.05) is 24.0 Å². The molecule has 0 aliphatic rings. The van der Waals surface area contributed by atoms with Gasteiger partial charge in [0.1, 0.15) is 6.61 Å². The Morgan fingerprint density at radius 3 is 2.90 bits per heavy atom. The predicted molar refractivity (Wildman–Crippen MR) is 80.7 cm³/mol. The Morgan fingerprint density at radius 2 is 2.14 bits per heavy atom. The molecule has 21 heavy (non-hydrogen) atoms. The second kappa shape index (κ2) is 7.83. The van der Waals surface area contributed by atoms with Crippen LogP contribution in [-0.4, -0.2) is 29.1 Å². The number of nitrogens with zero attached hydrogens (tertiary/aromatic N) is 1. The number of aromatic nitrogens is 1. The summed E-state index contributed by atoms with van der Waals surface area (Å²) in [6.07, 6.45) is 2.43. The van der Waals surface area contributed by atoms with Crippen molar-refractivity contribution in [1.29, 1.82) is 0 Å². The zero-order valence-corrected chi connectivity index (χ0v) is 11.5. The number of pyridine rings is 1. The van der Waals surface area contributed by atoms with Crippen molar-refractivity contribution in [2.45, 2.75) is 6.42 Å². The minimum Gasteiger partial charge on any atom is -0.384 e. The maximum absolute atomic E-state index is 12.0. The number of amides is 1. The number of hydrogen-bond donors (Lipinski definition) is 2. The van der Waals surface area contributed by atoms with E-state index in [1.807, 2.05) is 18.2 Å². The van der Waals surface area contributed by atoms with E-state index in [4.69, 9.17) is 5.11 Å². The van der Waals surface area contributed by atoms with Crippen molar-refractivity contribution in [3.63, 3.8) is 0 Å². The van der Waals surface area contributed by atoms with Crippen LogP contribution in [0.1, 0.15) is 21.6 Å². The lowest BCUT2D eigenvalue weighted by atomic mass is 10.1. The van der Waals surface area contributed by atoms with E-state index in [9.17, 15) is 4.79 Å². The largest absolute Gasteiger partial charge is 0.384 e. The Labute approximate surface area is 123 Å². The van der Waals surface area contributed by atoms with Crippen LogP contribution < -0.4 is 5.32 Å². The maximum Gasteiger partial charge on any atom is 0.251 e. The van der Waals surface area contributed by atoms with Gasteiger partial charge in [0.05, 0.1) is 0 Å². The van der Waals surface area contributed by atoms with Crippen LogP contribution in [0.2, 0.25) is 0 Å². The highest BCUT2D eigenvalue weighted by Gasteiger charge is 2.05. The summed E-state index contributed by atoms with van der Waals surface area (Å²) in [7, 11) is 0. The number of benzene rings is 1. The monoisotopic (exact) mass is 280 g/mol. The maximum atomic E-state index is 12.0. The molecule has 0 unspecified atom stereocenters. The second-order valence-corrected chi connectivity index (χ2v) is 4.37. The van der Waals surface area contributed by atoms with E-state index in [1.165, 1.54) is 0 Å². The minimum absolute atomic E-state index is 0.140. The highest BCUT2D eigenvalue weighted by Crippen LogP contribution is 2.04. The fourth-order valence-electron chi connectivity index (χ4n) is 1.83. The standard InChI is InChI=1S/C17H16N2O2/c20-12-4-6-14-5-3-7-15(13-14)17(21)19-11-9-16-8-1-2-10-18-16/h1-3,5,7-8,10,13,20H,9,11-12H2,(H,19,21). The van der Waals surface area contributed by atoms with Crippen molar-refractivity contribution in [3.05, 3.63) is 65.5 Å². The molecular formula is C17H16N2O2. The van der Waals surface area contributed by atoms with Crippen molar-refractivity contribution in [2.75, 3.05) is 13.2 Å². The molecule has 0 bridgehead atoms. The molecule has 0 saturated heterocycles. The third kappa shape index (κ3) is 4.75. The molecule has 1 amide bonds. The smallest absolute Gasteiger partial charge is 0.251 e. The molecule has 0 atom stereocenters. The van der Waals surface area contributed by atoms with Crippen LogP contribution in [0.4, 0.5) is 0 Å². The summed E-state index contributed by atoms with van der Waals surface area (Å²) in [6.45, 7) is 0.336. The first-order valence-electron chi connectivity index (χ1n) is 6.67. The molecule has 4 heteroatoms. The summed E-state index contributed by atoms with van der Waals surface area (Å²) in [5.41, 5.74) is 2.21. The lowest BCUT2D eigenvalue weighted by Crippen LogP contribution is -2.25. The molecule has 4 nitrogen and oxygen atoms in total. The first kappa shape index (κ1) is 14.8. The summed E-state index contributed by atoms with van der Waals surface area (Å²) in [6, 6.07) is 12.7. The molecule has 0 spiro atoms. The number of rotatable bonds is 4. The molecule has 2 rings (SSSR count). The van der Waals surface area contributed by atoms with Crippen molar-refractivity contribution in [1.82, 2.24) is 10.3 Å². The Morgan fingerprint density at radius 1 is 1.24 bits per heavy atom. The first-order chi connectivity index (χ1) is 10.3. The third-order valence-corrected chi connectivity index (χ3v) is 2.83. The molecule has 0 radical (unpaired) electrons. The van der Waals surface area contributed by atoms with Crippen molar-refractivity contribution in [2.24, 2.45) is 0 Å². The summed E-state index contributed by atoms with van der Waals surface area (Å²) < 4.78 is 0. The summed E-state index contributed by atoms with van der Waals surface area (Å²) in [5.74, 6) is 5.20. The minimum atomic E-state index is -0.194. The Hall–Kier alpha value is -2.64. The van der Waals surface area contributed by atoms with Crippen LogP contribution in [0.5, 0.6) is 0 Å². The van der Waals surface area contributed by atoms with E-state index >= 15 is 0 Å². The second-order valence-electron chi connectivity index (χ2n) is 4.37. The topological polar surface area (TPSA) is 62.2 Å². The van der Waals surface area contributed by atoms with Gasteiger partial charge in [0, 0.05) is 36.0 Å². The van der Waals surface area contributed by atoms with Gasteiger partial charge in [-0.2, -0.15) is 0 Å². The molecular weight excluding hydrogens is 264 g/mol. The van der Waals surface area contributed by atoms with Crippen LogP contribution in [-0.2, 0) is 6.42 Å². The molecule has 2 aromatic rings. The molecule has 1 aromatic carbocycles. The van der Waals surface area contributed by atoms with E-state index in [1.54, 1.807) is 30.5 Å². The number of nitrogens with one attached hydrogen (secondary N) is 1. The molecule has 2 N–H and O–H groups in total. The average Bonchev–Trinajstić information content (AvgIpc) is 2.54. The van der Waals surface area contributed by atoms with E-state index in [0.717, 1.165) is 5.69 Å². The van der Waals surface area contributed by atoms with Crippen LogP contribution in [0.15, 0.2) is 48.7 Å². The van der Waals surface area contributed by atoms with Crippen molar-refractivity contribution in [3.8, 4) is 11.8 Å². The Bertz CT molecular complexity index is 657. The average molecular weight is 280 g/mol. The van der Waals surface area contributed by atoms with Crippen LogP contribution in [0.25, 0.3) is 0 Å². The highest BCUT2D eigenvalue weighted by molar-refractivity contribution is 5.94. The fourth-order valence-corrected chi connectivity index (χ4v) is 1.83. The van der Waals surface area contributed by atoms with E-state index < -0.39 is 0 Å². The summed E-state index contributed by atoms with van der Waals surface area (Å²) in [4.78, 5) is 16.2. The number of hydrogen-bond acceptors (Lipinski definition) is 3. The zero-order valence-electron chi connectivity index (χ0n) is 11.5. The number of aliphatic hydroxyl groups excluding tert-OH is 1.